The van der Waals surface area contributed by atoms with E-state index in [-0.39, 0.29) is 25.7 Å². The van der Waals surface area contributed by atoms with Crippen molar-refractivity contribution >= 4 is 5.97 Å². The average Bonchev–Trinajstić information content (AvgIpc) is 3.13. The third kappa shape index (κ3) is 12.6. The van der Waals surface area contributed by atoms with Crippen LogP contribution in [0.2, 0.25) is 0 Å². The molecule has 0 aromatic heterocycles. The lowest BCUT2D eigenvalue weighted by Gasteiger charge is -2.38. The molecule has 256 valence electrons. The zero-order valence-corrected chi connectivity index (χ0v) is 27.8. The Morgan fingerprint density at radius 3 is 1.67 bits per heavy atom. The van der Waals surface area contributed by atoms with Gasteiger partial charge in [0.15, 0.2) is 12.4 Å². The Morgan fingerprint density at radius 1 is 0.625 bits per heavy atom. The summed E-state index contributed by atoms with van der Waals surface area (Å²) < 4.78 is 31.5. The zero-order chi connectivity index (χ0) is 33.8. The monoisotopic (exact) mass is 655 g/mol. The van der Waals surface area contributed by atoms with Gasteiger partial charge in [-0.3, -0.25) is 0 Å². The first kappa shape index (κ1) is 36.9. The lowest BCUT2D eigenvalue weighted by atomic mass is 9.95. The molecule has 4 rings (SSSR count). The molecular weight excluding hydrogens is 606 g/mol. The highest BCUT2D eigenvalue weighted by Crippen LogP contribution is 2.26. The summed E-state index contributed by atoms with van der Waals surface area (Å²) in [7, 11) is 0. The molecule has 0 saturated carbocycles. The Labute approximate surface area is 284 Å². The van der Waals surface area contributed by atoms with Crippen LogP contribution in [0.1, 0.15) is 53.2 Å². The van der Waals surface area contributed by atoms with E-state index in [1.807, 2.05) is 104 Å². The van der Waals surface area contributed by atoms with Gasteiger partial charge in [-0.15, -0.1) is 0 Å². The van der Waals surface area contributed by atoms with Gasteiger partial charge in [-0.2, -0.15) is 0 Å². The van der Waals surface area contributed by atoms with E-state index in [2.05, 4.69) is 0 Å². The van der Waals surface area contributed by atoms with E-state index >= 15 is 0 Å². The number of benzene rings is 4. The fourth-order valence-electron chi connectivity index (χ4n) is 5.30. The second kappa shape index (κ2) is 21.2. The van der Waals surface area contributed by atoms with Gasteiger partial charge in [0.05, 0.1) is 38.1 Å². The number of hydrogen-bond acceptors (Lipinski definition) is 8. The van der Waals surface area contributed by atoms with Crippen LogP contribution < -0.4 is 5.73 Å². The minimum atomic E-state index is -1.49. The van der Waals surface area contributed by atoms with Gasteiger partial charge in [-0.05, 0) is 54.6 Å². The maximum absolute atomic E-state index is 13.5. The number of rotatable bonds is 22. The first-order valence-electron chi connectivity index (χ1n) is 16.7. The smallest absolute Gasteiger partial charge is 0.338 e. The summed E-state index contributed by atoms with van der Waals surface area (Å²) in [5, 5.41) is 11.6. The van der Waals surface area contributed by atoms with Gasteiger partial charge in [0.25, 0.3) is 0 Å². The summed E-state index contributed by atoms with van der Waals surface area (Å²) >= 11 is 0. The standard InChI is InChI=1S/C40H49NO7/c1-31(27-44-28-32-17-7-2-8-18-32)36(46-29-33-19-9-3-10-20-33)37(47-30-34-21-11-4-12-22-34)38(40(43)45-26-16-6-15-25-41)48-39(42)35-23-13-5-14-24-35/h2-5,7-14,17-24,31,36-38,40,43H,6,15-16,25-30,41H2,1H3. The maximum atomic E-state index is 13.5. The van der Waals surface area contributed by atoms with Crippen LogP contribution in [0.4, 0.5) is 0 Å². The quantitative estimate of drug-likeness (QED) is 0.0547. The zero-order valence-electron chi connectivity index (χ0n) is 27.8. The molecule has 4 aromatic rings. The molecule has 5 unspecified atom stereocenters. The van der Waals surface area contributed by atoms with Crippen molar-refractivity contribution in [1.82, 2.24) is 0 Å². The Hall–Kier alpha value is -3.89. The number of hydrogen-bond donors (Lipinski definition) is 2. The highest BCUT2D eigenvalue weighted by atomic mass is 16.7. The number of esters is 1. The van der Waals surface area contributed by atoms with Crippen LogP contribution >= 0.6 is 0 Å². The molecule has 8 heteroatoms. The molecule has 5 atom stereocenters. The van der Waals surface area contributed by atoms with Gasteiger partial charge in [0, 0.05) is 12.5 Å². The largest absolute Gasteiger partial charge is 0.450 e. The summed E-state index contributed by atoms with van der Waals surface area (Å²) in [6, 6.07) is 38.2. The minimum Gasteiger partial charge on any atom is -0.450 e. The number of carbonyl (C=O) groups is 1. The summed E-state index contributed by atoms with van der Waals surface area (Å²) in [6.07, 6.45) is -1.93. The molecule has 0 saturated heterocycles. The lowest BCUT2D eigenvalue weighted by molar-refractivity contribution is -0.229. The van der Waals surface area contributed by atoms with Gasteiger partial charge >= 0.3 is 5.97 Å². The van der Waals surface area contributed by atoms with Crippen LogP contribution in [-0.2, 0) is 43.5 Å². The molecule has 8 nitrogen and oxygen atoms in total. The second-order valence-corrected chi connectivity index (χ2v) is 11.8. The lowest BCUT2D eigenvalue weighted by Crippen LogP contribution is -2.52. The molecule has 0 aliphatic carbocycles. The number of aliphatic hydroxyl groups is 1. The van der Waals surface area contributed by atoms with Crippen LogP contribution in [0.5, 0.6) is 0 Å². The molecule has 0 aliphatic heterocycles. The number of ether oxygens (including phenoxy) is 5. The van der Waals surface area contributed by atoms with E-state index in [0.717, 1.165) is 29.5 Å². The Kier molecular flexibility index (Phi) is 16.3. The molecule has 0 spiro atoms. The van der Waals surface area contributed by atoms with E-state index in [1.54, 1.807) is 24.3 Å². The van der Waals surface area contributed by atoms with E-state index in [9.17, 15) is 9.90 Å². The maximum Gasteiger partial charge on any atom is 0.338 e. The highest BCUT2D eigenvalue weighted by molar-refractivity contribution is 5.89. The van der Waals surface area contributed by atoms with Crippen molar-refractivity contribution in [2.24, 2.45) is 11.7 Å². The predicted octanol–water partition coefficient (Wildman–Crippen LogP) is 6.70. The molecular formula is C40H49NO7. The molecule has 0 fully saturated rings. The van der Waals surface area contributed by atoms with Crippen molar-refractivity contribution in [3.8, 4) is 0 Å². The molecule has 0 bridgehead atoms. The summed E-state index contributed by atoms with van der Waals surface area (Å²) in [5.41, 5.74) is 8.95. The summed E-state index contributed by atoms with van der Waals surface area (Å²) in [6.45, 7) is 4.07. The van der Waals surface area contributed by atoms with Crippen LogP contribution in [0, 0.1) is 5.92 Å². The molecule has 3 N–H and O–H groups in total. The fourth-order valence-corrected chi connectivity index (χ4v) is 5.30. The van der Waals surface area contributed by atoms with Crippen molar-refractivity contribution in [2.75, 3.05) is 19.8 Å². The number of aliphatic hydroxyl groups excluding tert-OH is 1. The van der Waals surface area contributed by atoms with Crippen molar-refractivity contribution in [1.29, 1.82) is 0 Å². The minimum absolute atomic E-state index is 0.191. The number of carbonyl (C=O) groups excluding carboxylic acids is 1. The van der Waals surface area contributed by atoms with Crippen LogP contribution in [0.15, 0.2) is 121 Å². The third-order valence-electron chi connectivity index (χ3n) is 7.94. The number of unbranched alkanes of at least 4 members (excludes halogenated alkanes) is 2. The third-order valence-corrected chi connectivity index (χ3v) is 7.94. The van der Waals surface area contributed by atoms with Gasteiger partial charge < -0.3 is 34.5 Å². The van der Waals surface area contributed by atoms with E-state index < -0.39 is 30.6 Å². The van der Waals surface area contributed by atoms with Crippen molar-refractivity contribution < 1.29 is 33.6 Å². The van der Waals surface area contributed by atoms with E-state index in [4.69, 9.17) is 29.4 Å². The van der Waals surface area contributed by atoms with Gasteiger partial charge in [-0.25, -0.2) is 4.79 Å². The van der Waals surface area contributed by atoms with Crippen molar-refractivity contribution in [3.05, 3.63) is 144 Å². The van der Waals surface area contributed by atoms with Crippen LogP contribution in [0.25, 0.3) is 0 Å². The Morgan fingerprint density at radius 2 is 1.12 bits per heavy atom. The van der Waals surface area contributed by atoms with E-state index in [0.29, 0.717) is 31.7 Å². The average molecular weight is 656 g/mol. The summed E-state index contributed by atoms with van der Waals surface area (Å²) in [5.74, 6) is -0.845. The second-order valence-electron chi connectivity index (χ2n) is 11.8. The SMILES string of the molecule is CC(COCc1ccccc1)C(OCc1ccccc1)C(OCc1ccccc1)C(OC(=O)c1ccccc1)C(O)OCCCCCN. The molecule has 0 aliphatic rings. The normalized spacial score (nSPS) is 14.5. The highest BCUT2D eigenvalue weighted by Gasteiger charge is 2.42. The van der Waals surface area contributed by atoms with Crippen LogP contribution in [-0.4, -0.2) is 55.4 Å². The Bertz CT molecular complexity index is 1410. The van der Waals surface area contributed by atoms with E-state index in [1.165, 1.54) is 0 Å². The number of nitrogens with two attached hydrogens (primary N) is 1. The topological polar surface area (TPSA) is 109 Å². The van der Waals surface area contributed by atoms with Gasteiger partial charge in [0.1, 0.15) is 6.10 Å². The molecule has 0 heterocycles. The molecule has 0 amide bonds. The first-order chi connectivity index (χ1) is 23.5. The molecule has 48 heavy (non-hydrogen) atoms. The summed E-state index contributed by atoms with van der Waals surface area (Å²) in [4.78, 5) is 13.5. The first-order valence-corrected chi connectivity index (χ1v) is 16.7. The molecule has 0 radical (unpaired) electrons. The van der Waals surface area contributed by atoms with Crippen LogP contribution in [0.3, 0.4) is 0 Å². The predicted molar refractivity (Wildman–Crippen MR) is 186 cm³/mol. The molecule has 4 aromatic carbocycles. The Balaban J connectivity index is 1.64. The van der Waals surface area contributed by atoms with Crippen molar-refractivity contribution in [3.63, 3.8) is 0 Å². The van der Waals surface area contributed by atoms with Gasteiger partial charge in [0.2, 0.25) is 0 Å². The van der Waals surface area contributed by atoms with Gasteiger partial charge in [-0.1, -0.05) is 116 Å². The van der Waals surface area contributed by atoms with Crippen molar-refractivity contribution in [2.45, 2.75) is 70.6 Å². The fraction of sp³-hybridized carbons (Fsp3) is 0.375.